The van der Waals surface area contributed by atoms with Gasteiger partial charge in [-0.3, -0.25) is 4.79 Å². The van der Waals surface area contributed by atoms with Crippen molar-refractivity contribution in [3.63, 3.8) is 0 Å². The molecular formula is C24H27NO4S. The summed E-state index contributed by atoms with van der Waals surface area (Å²) in [6.07, 6.45) is -0.554. The van der Waals surface area contributed by atoms with E-state index in [-0.39, 0.29) is 11.3 Å². The van der Waals surface area contributed by atoms with Gasteiger partial charge in [-0.15, -0.1) is 11.8 Å². The molecule has 1 amide bonds. The number of aliphatic hydroxyl groups is 1. The van der Waals surface area contributed by atoms with Gasteiger partial charge < -0.3 is 14.7 Å². The van der Waals surface area contributed by atoms with Crippen LogP contribution >= 0.6 is 11.8 Å². The lowest BCUT2D eigenvalue weighted by Gasteiger charge is -2.48. The number of rotatable bonds is 5. The second-order valence-corrected chi connectivity index (χ2v) is 10.8. The zero-order valence-corrected chi connectivity index (χ0v) is 18.4. The van der Waals surface area contributed by atoms with Gasteiger partial charge in [-0.2, -0.15) is 0 Å². The molecule has 30 heavy (non-hydrogen) atoms. The van der Waals surface area contributed by atoms with E-state index in [1.807, 2.05) is 74.5 Å². The molecule has 2 aliphatic rings. The van der Waals surface area contributed by atoms with Crippen LogP contribution in [0.15, 0.2) is 60.7 Å². The third-order valence-corrected chi connectivity index (χ3v) is 7.44. The third-order valence-electron chi connectivity index (χ3n) is 5.86. The fourth-order valence-electron chi connectivity index (χ4n) is 4.41. The number of thioether (sulfide) groups is 1. The summed E-state index contributed by atoms with van der Waals surface area (Å²) in [5, 5.41) is 10.2. The fourth-order valence-corrected chi connectivity index (χ4v) is 6.30. The predicted molar refractivity (Wildman–Crippen MR) is 117 cm³/mol. The maximum absolute atomic E-state index is 13.4. The van der Waals surface area contributed by atoms with Crippen LogP contribution in [0.5, 0.6) is 0 Å². The fraction of sp³-hybridized carbons (Fsp3) is 0.417. The van der Waals surface area contributed by atoms with Gasteiger partial charge in [0.1, 0.15) is 6.04 Å². The maximum atomic E-state index is 13.4. The third kappa shape index (κ3) is 3.52. The lowest BCUT2D eigenvalue weighted by atomic mass is 9.81. The Morgan fingerprint density at radius 1 is 1.07 bits per heavy atom. The van der Waals surface area contributed by atoms with Crippen molar-refractivity contribution in [2.75, 3.05) is 0 Å². The van der Waals surface area contributed by atoms with Crippen LogP contribution in [0.4, 0.5) is 0 Å². The topological polar surface area (TPSA) is 66.8 Å². The largest absolute Gasteiger partial charge is 0.451 e. The Morgan fingerprint density at radius 3 is 2.03 bits per heavy atom. The number of esters is 1. The van der Waals surface area contributed by atoms with Crippen LogP contribution in [0.3, 0.4) is 0 Å². The molecule has 1 N–H and O–H groups in total. The standard InChI is InChI=1S/C24H27NO4S/c1-23(2,28)17-20(26)25-19(24(3,4)30-21(17)25)22(27)29-18(15-11-7-5-8-12-15)16-13-9-6-10-14-16/h5-14,17-19,21,28H,1-4H3/t17-,19-,21+/m0/s1. The molecule has 2 aliphatic heterocycles. The maximum Gasteiger partial charge on any atom is 0.331 e. The number of β-lactam (4-membered cyclic amide) rings is 1. The summed E-state index contributed by atoms with van der Waals surface area (Å²) >= 11 is 1.56. The molecule has 2 saturated heterocycles. The van der Waals surface area contributed by atoms with Crippen LogP contribution in [0.25, 0.3) is 0 Å². The van der Waals surface area contributed by atoms with Gasteiger partial charge in [0.05, 0.1) is 16.9 Å². The number of fused-ring (bicyclic) bond motifs is 1. The summed E-state index contributed by atoms with van der Waals surface area (Å²) in [5.41, 5.74) is 0.624. The molecule has 0 saturated carbocycles. The van der Waals surface area contributed by atoms with Gasteiger partial charge in [0.15, 0.2) is 6.10 Å². The highest BCUT2D eigenvalue weighted by Crippen LogP contribution is 2.56. The number of nitrogens with zero attached hydrogens (tertiary/aromatic N) is 1. The molecular weight excluding hydrogens is 398 g/mol. The molecule has 0 bridgehead atoms. The number of amides is 1. The number of carbonyl (C=O) groups is 2. The zero-order chi connectivity index (χ0) is 21.7. The lowest BCUT2D eigenvalue weighted by molar-refractivity contribution is -0.178. The SMILES string of the molecule is CC(C)(O)[C@H]1C(=O)N2[C@@H]1SC(C)(C)[C@@H]2C(=O)OC(c1ccccc1)c1ccccc1. The van der Waals surface area contributed by atoms with E-state index in [1.165, 1.54) is 0 Å². The smallest absolute Gasteiger partial charge is 0.331 e. The molecule has 0 spiro atoms. The summed E-state index contributed by atoms with van der Waals surface area (Å²) in [4.78, 5) is 27.9. The van der Waals surface area contributed by atoms with Gasteiger partial charge in [-0.1, -0.05) is 60.7 Å². The Morgan fingerprint density at radius 2 is 1.57 bits per heavy atom. The van der Waals surface area contributed by atoms with Crippen LogP contribution < -0.4 is 0 Å². The number of carbonyl (C=O) groups excluding carboxylic acids is 2. The van der Waals surface area contributed by atoms with Gasteiger partial charge in [-0.05, 0) is 38.8 Å². The minimum atomic E-state index is -1.13. The van der Waals surface area contributed by atoms with Crippen molar-refractivity contribution in [3.05, 3.63) is 71.8 Å². The molecule has 3 atom stereocenters. The second kappa shape index (κ2) is 7.43. The summed E-state index contributed by atoms with van der Waals surface area (Å²) in [6.45, 7) is 7.20. The van der Waals surface area contributed by atoms with Crippen LogP contribution in [0.1, 0.15) is 44.9 Å². The molecule has 4 rings (SSSR count). The lowest BCUT2D eigenvalue weighted by Crippen LogP contribution is -2.67. The monoisotopic (exact) mass is 425 g/mol. The van der Waals surface area contributed by atoms with Gasteiger partial charge >= 0.3 is 5.97 Å². The number of hydrogen-bond acceptors (Lipinski definition) is 5. The van der Waals surface area contributed by atoms with Crippen LogP contribution in [0.2, 0.25) is 0 Å². The highest BCUT2D eigenvalue weighted by molar-refractivity contribution is 8.01. The first kappa shape index (κ1) is 20.9. The van der Waals surface area contributed by atoms with Gasteiger partial charge in [-0.25, -0.2) is 4.79 Å². The van der Waals surface area contributed by atoms with Gasteiger partial charge in [0, 0.05) is 4.75 Å². The number of hydrogen-bond donors (Lipinski definition) is 1. The quantitative estimate of drug-likeness (QED) is 0.584. The highest BCUT2D eigenvalue weighted by Gasteiger charge is 2.67. The van der Waals surface area contributed by atoms with E-state index in [1.54, 1.807) is 30.5 Å². The number of ether oxygens (including phenoxy) is 1. The Kier molecular flexibility index (Phi) is 5.19. The van der Waals surface area contributed by atoms with Gasteiger partial charge in [0.25, 0.3) is 0 Å². The van der Waals surface area contributed by atoms with E-state index in [0.29, 0.717) is 0 Å². The molecule has 158 valence electrons. The first-order valence-electron chi connectivity index (χ1n) is 10.1. The van der Waals surface area contributed by atoms with Crippen molar-refractivity contribution in [2.24, 2.45) is 5.92 Å². The van der Waals surface area contributed by atoms with Crippen molar-refractivity contribution >= 4 is 23.6 Å². The van der Waals surface area contributed by atoms with E-state index < -0.39 is 34.4 Å². The zero-order valence-electron chi connectivity index (χ0n) is 17.6. The molecule has 2 aromatic carbocycles. The molecule has 2 heterocycles. The Balaban J connectivity index is 1.62. The molecule has 5 nitrogen and oxygen atoms in total. The van der Waals surface area contributed by atoms with Gasteiger partial charge in [0.2, 0.25) is 5.91 Å². The van der Waals surface area contributed by atoms with Crippen molar-refractivity contribution in [2.45, 2.75) is 55.6 Å². The summed E-state index contributed by atoms with van der Waals surface area (Å²) < 4.78 is 5.54. The minimum Gasteiger partial charge on any atom is -0.451 e. The average molecular weight is 426 g/mol. The molecule has 6 heteroatoms. The summed E-state index contributed by atoms with van der Waals surface area (Å²) in [5.74, 6) is -1.13. The Labute approximate surface area is 181 Å². The molecule has 0 radical (unpaired) electrons. The van der Waals surface area contributed by atoms with Crippen LogP contribution in [0, 0.1) is 5.92 Å². The van der Waals surface area contributed by atoms with Crippen molar-refractivity contribution in [1.29, 1.82) is 0 Å². The minimum absolute atomic E-state index is 0.191. The predicted octanol–water partition coefficient (Wildman–Crippen LogP) is 3.77. The Bertz CT molecular complexity index is 899. The van der Waals surface area contributed by atoms with E-state index in [0.717, 1.165) is 11.1 Å². The van der Waals surface area contributed by atoms with E-state index in [9.17, 15) is 14.7 Å². The van der Waals surface area contributed by atoms with Crippen molar-refractivity contribution < 1.29 is 19.4 Å². The normalized spacial score (nSPS) is 25.1. The first-order valence-corrected chi connectivity index (χ1v) is 11.0. The summed E-state index contributed by atoms with van der Waals surface area (Å²) in [6, 6.07) is 18.5. The van der Waals surface area contributed by atoms with Crippen molar-refractivity contribution in [3.8, 4) is 0 Å². The van der Waals surface area contributed by atoms with Crippen LogP contribution in [-0.4, -0.2) is 43.6 Å². The Hall–Kier alpha value is -2.31. The van der Waals surface area contributed by atoms with Crippen molar-refractivity contribution in [1.82, 2.24) is 4.90 Å². The van der Waals surface area contributed by atoms with E-state index in [4.69, 9.17) is 4.74 Å². The number of benzene rings is 2. The second-order valence-electron chi connectivity index (χ2n) is 9.03. The average Bonchev–Trinajstić information content (AvgIpc) is 2.93. The molecule has 0 aliphatic carbocycles. The summed E-state index contributed by atoms with van der Waals surface area (Å²) in [7, 11) is 0. The first-order chi connectivity index (χ1) is 14.1. The molecule has 0 aromatic heterocycles. The molecule has 2 fully saturated rings. The molecule has 0 unspecified atom stereocenters. The van der Waals surface area contributed by atoms with E-state index >= 15 is 0 Å². The van der Waals surface area contributed by atoms with E-state index in [2.05, 4.69) is 0 Å². The van der Waals surface area contributed by atoms with Crippen LogP contribution in [-0.2, 0) is 14.3 Å². The molecule has 2 aromatic rings. The highest BCUT2D eigenvalue weighted by atomic mass is 32.2.